The van der Waals surface area contributed by atoms with Crippen molar-refractivity contribution in [3.05, 3.63) is 29.8 Å². The first kappa shape index (κ1) is 19.9. The number of hydrogen-bond acceptors (Lipinski definition) is 4. The Morgan fingerprint density at radius 3 is 2.28 bits per heavy atom. The smallest absolute Gasteiger partial charge is 0.242 e. The molecule has 1 amide bonds. The van der Waals surface area contributed by atoms with E-state index in [0.717, 1.165) is 31.2 Å². The van der Waals surface area contributed by atoms with E-state index in [2.05, 4.69) is 5.32 Å². The van der Waals surface area contributed by atoms with E-state index < -0.39 is 10.0 Å². The normalized spacial score (nSPS) is 17.4. The van der Waals surface area contributed by atoms with Crippen molar-refractivity contribution < 1.29 is 13.2 Å². The lowest BCUT2D eigenvalue weighted by Crippen LogP contribution is -2.38. The molecule has 0 bridgehead atoms. The molecule has 0 aliphatic heterocycles. The van der Waals surface area contributed by atoms with E-state index in [0.29, 0.717) is 19.5 Å². The summed E-state index contributed by atoms with van der Waals surface area (Å²) < 4.78 is 25.3. The average Bonchev–Trinajstić information content (AvgIpc) is 2.61. The third-order valence-electron chi connectivity index (χ3n) is 5.07. The van der Waals surface area contributed by atoms with Gasteiger partial charge in [-0.2, -0.15) is 0 Å². The van der Waals surface area contributed by atoms with Crippen molar-refractivity contribution >= 4 is 15.9 Å². The number of nitrogens with one attached hydrogen (secondary N) is 1. The Hall–Kier alpha value is -1.44. The highest BCUT2D eigenvalue weighted by molar-refractivity contribution is 7.89. The quantitative estimate of drug-likeness (QED) is 0.769. The molecule has 140 valence electrons. The van der Waals surface area contributed by atoms with Crippen LogP contribution in [0.1, 0.15) is 44.1 Å². The molecular formula is C18H29N3O3S. The molecule has 6 nitrogen and oxygen atoms in total. The van der Waals surface area contributed by atoms with Crippen LogP contribution in [0.5, 0.6) is 0 Å². The lowest BCUT2D eigenvalue weighted by molar-refractivity contribution is -0.124. The van der Waals surface area contributed by atoms with Gasteiger partial charge >= 0.3 is 0 Å². The topological polar surface area (TPSA) is 92.5 Å². The molecule has 1 aliphatic carbocycles. The van der Waals surface area contributed by atoms with Gasteiger partial charge in [0.25, 0.3) is 0 Å². The standard InChI is InChI=1S/C18H29N3O3S/c1-21(2)25(23,24)16-8-6-15(7-9-16)13-20-17(22)12-18(14-19)10-4-3-5-11-18/h6-9H,3-5,10-14,19H2,1-2H3,(H,20,22). The first-order valence-electron chi connectivity index (χ1n) is 8.77. The lowest BCUT2D eigenvalue weighted by Gasteiger charge is -2.35. The van der Waals surface area contributed by atoms with Crippen LogP contribution in [0.15, 0.2) is 29.2 Å². The summed E-state index contributed by atoms with van der Waals surface area (Å²) in [6, 6.07) is 6.60. The van der Waals surface area contributed by atoms with E-state index in [1.54, 1.807) is 24.3 Å². The molecule has 0 radical (unpaired) electrons. The maximum absolute atomic E-state index is 12.3. The van der Waals surface area contributed by atoms with Crippen LogP contribution in [-0.2, 0) is 21.4 Å². The van der Waals surface area contributed by atoms with Gasteiger partial charge in [0, 0.05) is 27.1 Å². The van der Waals surface area contributed by atoms with E-state index in [9.17, 15) is 13.2 Å². The van der Waals surface area contributed by atoms with Gasteiger partial charge in [-0.1, -0.05) is 31.4 Å². The van der Waals surface area contributed by atoms with Crippen LogP contribution < -0.4 is 11.1 Å². The molecule has 0 heterocycles. The van der Waals surface area contributed by atoms with Crippen molar-refractivity contribution in [2.75, 3.05) is 20.6 Å². The molecule has 0 unspecified atom stereocenters. The number of hydrogen-bond donors (Lipinski definition) is 2. The van der Waals surface area contributed by atoms with E-state index in [-0.39, 0.29) is 16.2 Å². The molecule has 0 aromatic heterocycles. The third kappa shape index (κ3) is 5.03. The van der Waals surface area contributed by atoms with Crippen molar-refractivity contribution in [1.29, 1.82) is 0 Å². The summed E-state index contributed by atoms with van der Waals surface area (Å²) >= 11 is 0. The Balaban J connectivity index is 1.91. The first-order valence-corrected chi connectivity index (χ1v) is 10.2. The highest BCUT2D eigenvalue weighted by Gasteiger charge is 2.32. The molecule has 1 aromatic rings. The summed E-state index contributed by atoms with van der Waals surface area (Å²) in [7, 11) is -0.420. The Labute approximate surface area is 150 Å². The van der Waals surface area contributed by atoms with Gasteiger partial charge in [-0.3, -0.25) is 4.79 Å². The molecule has 1 saturated carbocycles. The Morgan fingerprint density at radius 1 is 1.16 bits per heavy atom. The van der Waals surface area contributed by atoms with Gasteiger partial charge in [0.05, 0.1) is 4.90 Å². The van der Waals surface area contributed by atoms with Crippen LogP contribution in [0.4, 0.5) is 0 Å². The molecule has 25 heavy (non-hydrogen) atoms. The van der Waals surface area contributed by atoms with Gasteiger partial charge in [-0.05, 0) is 42.5 Å². The van der Waals surface area contributed by atoms with Crippen molar-refractivity contribution in [2.24, 2.45) is 11.1 Å². The molecule has 1 fully saturated rings. The Bertz CT molecular complexity index is 678. The van der Waals surface area contributed by atoms with Gasteiger partial charge in [-0.15, -0.1) is 0 Å². The minimum atomic E-state index is -3.42. The summed E-state index contributed by atoms with van der Waals surface area (Å²) in [5.41, 5.74) is 6.76. The third-order valence-corrected chi connectivity index (χ3v) is 6.90. The molecule has 3 N–H and O–H groups in total. The fourth-order valence-corrected chi connectivity index (χ4v) is 4.25. The maximum Gasteiger partial charge on any atom is 0.242 e. The number of amides is 1. The summed E-state index contributed by atoms with van der Waals surface area (Å²) in [4.78, 5) is 12.5. The number of nitrogens with zero attached hydrogens (tertiary/aromatic N) is 1. The minimum absolute atomic E-state index is 0.0114. The van der Waals surface area contributed by atoms with Gasteiger partial charge in [0.15, 0.2) is 0 Å². The van der Waals surface area contributed by atoms with Gasteiger partial charge < -0.3 is 11.1 Å². The summed E-state index contributed by atoms with van der Waals surface area (Å²) in [6.07, 6.45) is 6.03. The zero-order valence-corrected chi connectivity index (χ0v) is 15.9. The van der Waals surface area contributed by atoms with E-state index in [1.807, 2.05) is 0 Å². The maximum atomic E-state index is 12.3. The number of rotatable bonds is 7. The second-order valence-corrected chi connectivity index (χ2v) is 9.30. The van der Waals surface area contributed by atoms with Crippen molar-refractivity contribution in [3.8, 4) is 0 Å². The van der Waals surface area contributed by atoms with Crippen LogP contribution in [0.25, 0.3) is 0 Å². The molecule has 1 aliphatic rings. The van der Waals surface area contributed by atoms with Crippen molar-refractivity contribution in [1.82, 2.24) is 9.62 Å². The molecule has 1 aromatic carbocycles. The Morgan fingerprint density at radius 2 is 1.76 bits per heavy atom. The van der Waals surface area contributed by atoms with E-state index in [1.165, 1.54) is 24.8 Å². The van der Waals surface area contributed by atoms with E-state index >= 15 is 0 Å². The summed E-state index contributed by atoms with van der Waals surface area (Å²) in [5, 5.41) is 2.93. The fraction of sp³-hybridized carbons (Fsp3) is 0.611. The monoisotopic (exact) mass is 367 g/mol. The van der Waals surface area contributed by atoms with E-state index in [4.69, 9.17) is 5.73 Å². The largest absolute Gasteiger partial charge is 0.352 e. The predicted octanol–water partition coefficient (Wildman–Crippen LogP) is 1.85. The van der Waals surface area contributed by atoms with Crippen molar-refractivity contribution in [2.45, 2.75) is 50.0 Å². The van der Waals surface area contributed by atoms with Gasteiger partial charge in [-0.25, -0.2) is 12.7 Å². The SMILES string of the molecule is CN(C)S(=O)(=O)c1ccc(CNC(=O)CC2(CN)CCCCC2)cc1. The molecule has 0 spiro atoms. The number of carbonyl (C=O) groups is 1. The van der Waals surface area contributed by atoms with Crippen LogP contribution in [0, 0.1) is 5.41 Å². The highest BCUT2D eigenvalue weighted by atomic mass is 32.2. The second kappa shape index (κ2) is 8.29. The molecule has 2 rings (SSSR count). The zero-order chi connectivity index (χ0) is 18.5. The zero-order valence-electron chi connectivity index (χ0n) is 15.1. The molecule has 7 heteroatoms. The fourth-order valence-electron chi connectivity index (χ4n) is 3.35. The number of sulfonamides is 1. The first-order chi connectivity index (χ1) is 11.8. The van der Waals surface area contributed by atoms with Crippen molar-refractivity contribution in [3.63, 3.8) is 0 Å². The number of benzene rings is 1. The van der Waals surface area contributed by atoms with Crippen LogP contribution >= 0.6 is 0 Å². The number of carbonyl (C=O) groups excluding carboxylic acids is 1. The Kier molecular flexibility index (Phi) is 6.59. The lowest BCUT2D eigenvalue weighted by atomic mass is 9.71. The number of nitrogens with two attached hydrogens (primary N) is 1. The van der Waals surface area contributed by atoms with Crippen LogP contribution in [-0.4, -0.2) is 39.3 Å². The van der Waals surface area contributed by atoms with Crippen LogP contribution in [0.2, 0.25) is 0 Å². The van der Waals surface area contributed by atoms with Gasteiger partial charge in [0.2, 0.25) is 15.9 Å². The average molecular weight is 368 g/mol. The highest BCUT2D eigenvalue weighted by Crippen LogP contribution is 2.38. The predicted molar refractivity (Wildman–Crippen MR) is 98.4 cm³/mol. The molecule has 0 saturated heterocycles. The van der Waals surface area contributed by atoms with Gasteiger partial charge in [0.1, 0.15) is 0 Å². The minimum Gasteiger partial charge on any atom is -0.352 e. The summed E-state index contributed by atoms with van der Waals surface area (Å²) in [6.45, 7) is 0.944. The van der Waals surface area contributed by atoms with Crippen LogP contribution in [0.3, 0.4) is 0 Å². The second-order valence-electron chi connectivity index (χ2n) is 7.15. The summed E-state index contributed by atoms with van der Waals surface area (Å²) in [5.74, 6) is 0.0114. The molecular weight excluding hydrogens is 338 g/mol. The molecule has 0 atom stereocenters.